The van der Waals surface area contributed by atoms with Gasteiger partial charge in [-0.25, -0.2) is 0 Å². The van der Waals surface area contributed by atoms with Gasteiger partial charge < -0.3 is 9.13 Å². The van der Waals surface area contributed by atoms with Crippen LogP contribution in [-0.2, 0) is 9.13 Å². The van der Waals surface area contributed by atoms with Crippen molar-refractivity contribution in [2.24, 2.45) is 5.50 Å². The standard InChI is InChI=1S/C4H11OP.C3H10NOP/c1-4-6(2,3)5;1-3-6(2,4)5/h4H2,1-3H3;3H2,1-2H3,(H2,4,5). The fraction of sp³-hybridized carbons (Fsp3) is 1.00. The zero-order valence-electron chi connectivity index (χ0n) is 8.70. The summed E-state index contributed by atoms with van der Waals surface area (Å²) in [4.78, 5) is 0. The van der Waals surface area contributed by atoms with Crippen molar-refractivity contribution in [3.63, 3.8) is 0 Å². The number of nitrogens with two attached hydrogens (primary N) is 1. The average molecular weight is 213 g/mol. The van der Waals surface area contributed by atoms with Crippen molar-refractivity contribution < 1.29 is 9.13 Å². The first-order chi connectivity index (χ1) is 5.12. The maximum Gasteiger partial charge on any atom is 0.142 e. The Morgan fingerprint density at radius 3 is 1.17 bits per heavy atom. The van der Waals surface area contributed by atoms with Crippen molar-refractivity contribution in [1.29, 1.82) is 0 Å². The molecule has 0 aliphatic carbocycles. The van der Waals surface area contributed by atoms with Gasteiger partial charge >= 0.3 is 0 Å². The molecule has 0 fully saturated rings. The first-order valence-corrected chi connectivity index (χ1v) is 9.21. The Kier molecular flexibility index (Phi) is 7.41. The van der Waals surface area contributed by atoms with Gasteiger partial charge in [0.15, 0.2) is 0 Å². The van der Waals surface area contributed by atoms with Gasteiger partial charge in [-0.2, -0.15) is 0 Å². The Balaban J connectivity index is 0. The van der Waals surface area contributed by atoms with Crippen molar-refractivity contribution in [2.75, 3.05) is 32.3 Å². The van der Waals surface area contributed by atoms with Gasteiger partial charge in [0.25, 0.3) is 0 Å². The number of hydrogen-bond acceptors (Lipinski definition) is 2. The first-order valence-electron chi connectivity index (χ1n) is 4.01. The van der Waals surface area contributed by atoms with Crippen LogP contribution >= 0.6 is 14.4 Å². The van der Waals surface area contributed by atoms with E-state index < -0.39 is 14.4 Å². The summed E-state index contributed by atoms with van der Waals surface area (Å²) in [7, 11) is -3.79. The Morgan fingerprint density at radius 1 is 1.00 bits per heavy atom. The molecule has 0 rings (SSSR count). The van der Waals surface area contributed by atoms with Gasteiger partial charge in [-0.05, 0) is 19.5 Å². The van der Waals surface area contributed by atoms with Gasteiger partial charge in [-0.15, -0.1) is 0 Å². The third-order valence-corrected chi connectivity index (χ3v) is 4.17. The molecule has 0 aromatic heterocycles. The van der Waals surface area contributed by atoms with Crippen LogP contribution in [0, 0.1) is 0 Å². The molecule has 2 N–H and O–H groups in total. The average Bonchev–Trinajstić information content (AvgIpc) is 1.86. The first kappa shape index (κ1) is 14.9. The van der Waals surface area contributed by atoms with Crippen LogP contribution in [0.25, 0.3) is 0 Å². The Labute approximate surface area is 75.9 Å². The number of rotatable bonds is 2. The molecule has 0 saturated carbocycles. The molecule has 0 aromatic rings. The largest absolute Gasteiger partial charge is 0.324 e. The second kappa shape index (κ2) is 5.96. The summed E-state index contributed by atoms with van der Waals surface area (Å²) in [5.41, 5.74) is 5.09. The summed E-state index contributed by atoms with van der Waals surface area (Å²) in [6.07, 6.45) is 1.43. The lowest BCUT2D eigenvalue weighted by atomic mass is 11.0. The van der Waals surface area contributed by atoms with Crippen molar-refractivity contribution >= 4 is 14.4 Å². The van der Waals surface area contributed by atoms with Gasteiger partial charge in [-0.1, -0.05) is 13.8 Å². The topological polar surface area (TPSA) is 60.2 Å². The van der Waals surface area contributed by atoms with Crippen LogP contribution < -0.4 is 5.50 Å². The molecule has 0 bridgehead atoms. The van der Waals surface area contributed by atoms with Crippen molar-refractivity contribution in [3.05, 3.63) is 0 Å². The fourth-order valence-electron chi connectivity index (χ4n) is 0. The molecule has 0 radical (unpaired) electrons. The van der Waals surface area contributed by atoms with Crippen LogP contribution in [0.5, 0.6) is 0 Å². The highest BCUT2D eigenvalue weighted by Gasteiger charge is 1.99. The molecule has 5 heteroatoms. The van der Waals surface area contributed by atoms with Gasteiger partial charge in [0.05, 0.1) is 7.14 Å². The molecule has 76 valence electrons. The molecule has 0 spiro atoms. The molecule has 3 nitrogen and oxygen atoms in total. The molecule has 0 aliphatic rings. The highest BCUT2D eigenvalue weighted by Crippen LogP contribution is 2.34. The summed E-state index contributed by atoms with van der Waals surface area (Å²) >= 11 is 0. The molecule has 0 heterocycles. The second-order valence-corrected chi connectivity index (χ2v) is 10.1. The van der Waals surface area contributed by atoms with Crippen LogP contribution in [0.1, 0.15) is 13.8 Å². The third kappa shape index (κ3) is 22.4. The van der Waals surface area contributed by atoms with Crippen molar-refractivity contribution in [3.8, 4) is 0 Å². The van der Waals surface area contributed by atoms with E-state index in [1.165, 1.54) is 0 Å². The maximum atomic E-state index is 10.6. The Hall–Kier alpha value is 0.420. The summed E-state index contributed by atoms with van der Waals surface area (Å²) in [5, 5.41) is 0. The molecule has 12 heavy (non-hydrogen) atoms. The van der Waals surface area contributed by atoms with Crippen molar-refractivity contribution in [2.45, 2.75) is 13.8 Å². The van der Waals surface area contributed by atoms with Gasteiger partial charge in [0.2, 0.25) is 0 Å². The summed E-state index contributed by atoms with van der Waals surface area (Å²) in [6.45, 7) is 8.94. The lowest BCUT2D eigenvalue weighted by molar-refractivity contribution is 0.580. The quantitative estimate of drug-likeness (QED) is 0.717. The Morgan fingerprint density at radius 2 is 1.17 bits per heavy atom. The third-order valence-electron chi connectivity index (χ3n) is 1.39. The molecule has 1 atom stereocenters. The fourth-order valence-corrected chi connectivity index (χ4v) is 0. The lowest BCUT2D eigenvalue weighted by Gasteiger charge is -1.96. The molecular formula is C7H21NO2P2. The molecule has 0 amide bonds. The zero-order valence-corrected chi connectivity index (χ0v) is 10.5. The summed E-state index contributed by atoms with van der Waals surface area (Å²) < 4.78 is 20.9. The van der Waals surface area contributed by atoms with E-state index in [2.05, 4.69) is 0 Å². The minimum absolute atomic E-state index is 0.604. The molecular weight excluding hydrogens is 192 g/mol. The highest BCUT2D eigenvalue weighted by molar-refractivity contribution is 7.62. The number of hydrogen-bond donors (Lipinski definition) is 1. The van der Waals surface area contributed by atoms with Crippen LogP contribution in [0.3, 0.4) is 0 Å². The van der Waals surface area contributed by atoms with Gasteiger partial charge in [0, 0.05) is 12.8 Å². The maximum absolute atomic E-state index is 10.6. The minimum Gasteiger partial charge on any atom is -0.324 e. The van der Waals surface area contributed by atoms with E-state index in [1.807, 2.05) is 13.8 Å². The van der Waals surface area contributed by atoms with E-state index in [-0.39, 0.29) is 0 Å². The van der Waals surface area contributed by atoms with Gasteiger partial charge in [0.1, 0.15) is 7.29 Å². The molecule has 0 saturated heterocycles. The summed E-state index contributed by atoms with van der Waals surface area (Å²) in [5.74, 6) is 0. The second-order valence-electron chi connectivity index (χ2n) is 3.38. The highest BCUT2D eigenvalue weighted by atomic mass is 31.2. The molecule has 1 unspecified atom stereocenters. The minimum atomic E-state index is -2.15. The van der Waals surface area contributed by atoms with E-state index in [0.717, 1.165) is 6.16 Å². The van der Waals surface area contributed by atoms with E-state index in [4.69, 9.17) is 5.50 Å². The van der Waals surface area contributed by atoms with Crippen LogP contribution in [-0.4, -0.2) is 32.3 Å². The smallest absolute Gasteiger partial charge is 0.142 e. The van der Waals surface area contributed by atoms with Crippen LogP contribution in [0.15, 0.2) is 0 Å². The summed E-state index contributed by atoms with van der Waals surface area (Å²) in [6, 6.07) is 0. The van der Waals surface area contributed by atoms with Crippen LogP contribution in [0.4, 0.5) is 0 Å². The van der Waals surface area contributed by atoms with E-state index in [9.17, 15) is 9.13 Å². The normalized spacial score (nSPS) is 15.8. The zero-order chi connectivity index (χ0) is 10.4. The lowest BCUT2D eigenvalue weighted by Crippen LogP contribution is -1.92. The molecule has 0 aromatic carbocycles. The van der Waals surface area contributed by atoms with E-state index in [0.29, 0.717) is 6.16 Å². The van der Waals surface area contributed by atoms with E-state index >= 15 is 0 Å². The monoisotopic (exact) mass is 213 g/mol. The SMILES string of the molecule is CCP(C)(C)=O.CCP(C)(N)=O. The molecule has 0 aliphatic heterocycles. The predicted molar refractivity (Wildman–Crippen MR) is 58.3 cm³/mol. The Bertz CT molecular complexity index is 170. The van der Waals surface area contributed by atoms with E-state index in [1.54, 1.807) is 20.0 Å². The predicted octanol–water partition coefficient (Wildman–Crippen LogP) is 2.50. The van der Waals surface area contributed by atoms with Crippen LogP contribution in [0.2, 0.25) is 0 Å². The van der Waals surface area contributed by atoms with Gasteiger partial charge in [-0.3, -0.25) is 5.50 Å². The van der Waals surface area contributed by atoms with Crippen molar-refractivity contribution in [1.82, 2.24) is 0 Å².